The summed E-state index contributed by atoms with van der Waals surface area (Å²) in [6.45, 7) is 1.87. The van der Waals surface area contributed by atoms with Gasteiger partial charge in [-0.15, -0.1) is 0 Å². The van der Waals surface area contributed by atoms with Crippen molar-refractivity contribution in [1.29, 1.82) is 0 Å². The zero-order valence-corrected chi connectivity index (χ0v) is 18.4. The molecule has 0 aliphatic rings. The van der Waals surface area contributed by atoms with Crippen LogP contribution in [0.25, 0.3) is 10.9 Å². The van der Waals surface area contributed by atoms with Crippen LogP contribution in [0, 0.1) is 5.82 Å². The minimum absolute atomic E-state index is 0.0410. The van der Waals surface area contributed by atoms with Crippen LogP contribution in [-0.2, 0) is 17.3 Å². The van der Waals surface area contributed by atoms with E-state index in [4.69, 9.17) is 27.9 Å². The van der Waals surface area contributed by atoms with Gasteiger partial charge < -0.3 is 9.30 Å². The Labute approximate surface area is 182 Å². The highest BCUT2D eigenvalue weighted by Crippen LogP contribution is 2.41. The number of hydrogen-bond donors (Lipinski definition) is 1. The van der Waals surface area contributed by atoms with Crippen molar-refractivity contribution in [2.24, 2.45) is 7.05 Å². The Kier molecular flexibility index (Phi) is 6.23. The van der Waals surface area contributed by atoms with E-state index in [1.54, 1.807) is 6.92 Å². The lowest BCUT2D eigenvalue weighted by molar-refractivity contribution is 0.443. The third kappa shape index (κ3) is 4.08. The van der Waals surface area contributed by atoms with Gasteiger partial charge in [0, 0.05) is 20.6 Å². The summed E-state index contributed by atoms with van der Waals surface area (Å²) in [5, 5.41) is -0.288. The molecule has 0 saturated heterocycles. The average Bonchev–Trinajstić information content (AvgIpc) is 2.70. The van der Waals surface area contributed by atoms with Gasteiger partial charge in [0.1, 0.15) is 10.8 Å². The van der Waals surface area contributed by atoms with Gasteiger partial charge in [-0.25, -0.2) is 9.37 Å². The molecule has 0 saturated carbocycles. The molecule has 0 bridgehead atoms. The number of ether oxygens (including phenoxy) is 1. The number of aryl methyl sites for hydroxylation is 1. The monoisotopic (exact) mass is 474 g/mol. The van der Waals surface area contributed by atoms with Crippen molar-refractivity contribution in [2.75, 3.05) is 18.3 Å². The molecule has 2 aromatic carbocycles. The molecule has 1 aromatic heterocycles. The van der Waals surface area contributed by atoms with Crippen LogP contribution in [0.1, 0.15) is 6.92 Å². The van der Waals surface area contributed by atoms with Crippen molar-refractivity contribution >= 4 is 50.0 Å². The van der Waals surface area contributed by atoms with Gasteiger partial charge in [-0.1, -0.05) is 30.1 Å². The molecule has 0 aliphatic carbocycles. The maximum Gasteiger partial charge on any atom is 0.301 e. The Morgan fingerprint density at radius 3 is 2.60 bits per heavy atom. The molecule has 0 unspecified atom stereocenters. The molecule has 0 aliphatic heterocycles. The van der Waals surface area contributed by atoms with Crippen molar-refractivity contribution in [3.05, 3.63) is 56.8 Å². The molecule has 8 nitrogen and oxygen atoms in total. The van der Waals surface area contributed by atoms with Gasteiger partial charge in [0.05, 0.1) is 27.9 Å². The van der Waals surface area contributed by atoms with E-state index in [0.29, 0.717) is 5.52 Å². The average molecular weight is 475 g/mol. The first-order valence-corrected chi connectivity index (χ1v) is 10.8. The van der Waals surface area contributed by atoms with E-state index in [-0.39, 0.29) is 33.4 Å². The second-order valence-electron chi connectivity index (χ2n) is 6.29. The number of nitrogens with one attached hydrogen (secondary N) is 1. The number of aromatic nitrogens is 2. The Morgan fingerprint density at radius 2 is 1.93 bits per heavy atom. The molecule has 3 rings (SSSR count). The van der Waals surface area contributed by atoms with Gasteiger partial charge >= 0.3 is 10.2 Å². The topological polar surface area (TPSA) is 93.5 Å². The first kappa shape index (κ1) is 22.3. The number of anilines is 1. The van der Waals surface area contributed by atoms with Gasteiger partial charge in [-0.3, -0.25) is 9.52 Å². The molecule has 0 amide bonds. The van der Waals surface area contributed by atoms with Gasteiger partial charge in [-0.2, -0.15) is 12.7 Å². The van der Waals surface area contributed by atoms with Gasteiger partial charge in [0.15, 0.2) is 11.6 Å². The lowest BCUT2D eigenvalue weighted by Crippen LogP contribution is -2.32. The van der Waals surface area contributed by atoms with Crippen molar-refractivity contribution in [2.45, 2.75) is 6.92 Å². The third-order valence-corrected chi connectivity index (χ3v) is 6.65. The number of halogens is 3. The van der Waals surface area contributed by atoms with Gasteiger partial charge in [0.25, 0.3) is 5.56 Å². The Hall–Kier alpha value is -2.40. The van der Waals surface area contributed by atoms with Crippen molar-refractivity contribution < 1.29 is 17.5 Å². The largest absolute Gasteiger partial charge is 0.451 e. The van der Waals surface area contributed by atoms with E-state index in [2.05, 4.69) is 9.71 Å². The fraction of sp³-hybridized carbons (Fsp3) is 0.222. The minimum Gasteiger partial charge on any atom is -0.451 e. The fourth-order valence-electron chi connectivity index (χ4n) is 2.52. The number of hydrogen-bond acceptors (Lipinski definition) is 5. The lowest BCUT2D eigenvalue weighted by Gasteiger charge is -2.18. The number of rotatable bonds is 6. The molecule has 12 heteroatoms. The van der Waals surface area contributed by atoms with Gasteiger partial charge in [0.2, 0.25) is 0 Å². The number of benzene rings is 2. The van der Waals surface area contributed by atoms with Crippen molar-refractivity contribution in [1.82, 2.24) is 13.9 Å². The summed E-state index contributed by atoms with van der Waals surface area (Å²) in [4.78, 5) is 16.5. The van der Waals surface area contributed by atoms with Gasteiger partial charge in [-0.05, 0) is 24.3 Å². The molecular weight excluding hydrogens is 458 g/mol. The highest BCUT2D eigenvalue weighted by molar-refractivity contribution is 7.90. The van der Waals surface area contributed by atoms with E-state index in [0.717, 1.165) is 10.4 Å². The highest BCUT2D eigenvalue weighted by atomic mass is 35.5. The Balaban J connectivity index is 2.07. The van der Waals surface area contributed by atoms with Crippen LogP contribution >= 0.6 is 23.2 Å². The summed E-state index contributed by atoms with van der Waals surface area (Å²) in [5.74, 6) is -1.33. The number of fused-ring (bicyclic) bond motifs is 1. The normalized spacial score (nSPS) is 11.8. The van der Waals surface area contributed by atoms with Crippen LogP contribution < -0.4 is 15.0 Å². The molecule has 3 aromatic rings. The summed E-state index contributed by atoms with van der Waals surface area (Å²) in [7, 11) is -1.01. The molecule has 1 N–H and O–H groups in total. The molecule has 0 spiro atoms. The van der Waals surface area contributed by atoms with Crippen LogP contribution in [0.2, 0.25) is 10.0 Å². The smallest absolute Gasteiger partial charge is 0.301 e. The maximum absolute atomic E-state index is 14.4. The zero-order valence-electron chi connectivity index (χ0n) is 16.1. The van der Waals surface area contributed by atoms with E-state index < -0.39 is 27.3 Å². The van der Waals surface area contributed by atoms with Crippen LogP contribution in [0.5, 0.6) is 11.5 Å². The third-order valence-electron chi connectivity index (χ3n) is 4.34. The molecule has 1 heterocycles. The summed E-state index contributed by atoms with van der Waals surface area (Å²) in [6, 6.07) is 5.08. The van der Waals surface area contributed by atoms with E-state index >= 15 is 0 Å². The molecule has 30 heavy (non-hydrogen) atoms. The standard InChI is InChI=1S/C18H17Cl2FN4O4S/c1-4-25(3)30(27,28)23-12-6-5-10(21)17(15(12)19)29-13-8-7-11-14(16(13)20)18(26)24(2)9-22-11/h5-9,23H,4H2,1-3H3. The zero-order chi connectivity index (χ0) is 22.2. The van der Waals surface area contributed by atoms with Crippen LogP contribution in [0.15, 0.2) is 35.4 Å². The molecule has 0 atom stereocenters. The Morgan fingerprint density at radius 1 is 1.23 bits per heavy atom. The number of nitrogens with zero attached hydrogens (tertiary/aromatic N) is 3. The predicted octanol–water partition coefficient (Wildman–Crippen LogP) is 3.78. The SMILES string of the molecule is CCN(C)S(=O)(=O)Nc1ccc(F)c(Oc2ccc3ncn(C)c(=O)c3c2Cl)c1Cl. The summed E-state index contributed by atoms with van der Waals surface area (Å²) in [5.41, 5.74) is -0.153. The summed E-state index contributed by atoms with van der Waals surface area (Å²) in [6.07, 6.45) is 1.35. The summed E-state index contributed by atoms with van der Waals surface area (Å²) >= 11 is 12.5. The molecule has 0 radical (unpaired) electrons. The molecule has 160 valence electrons. The van der Waals surface area contributed by atoms with Crippen molar-refractivity contribution in [3.63, 3.8) is 0 Å². The molecular formula is C18H17Cl2FN4O4S. The quantitative estimate of drug-likeness (QED) is 0.586. The minimum atomic E-state index is -3.89. The Bertz CT molecular complexity index is 1300. The summed E-state index contributed by atoms with van der Waals surface area (Å²) < 4.78 is 49.1. The second kappa shape index (κ2) is 8.38. The first-order chi connectivity index (χ1) is 14.1. The predicted molar refractivity (Wildman–Crippen MR) is 114 cm³/mol. The highest BCUT2D eigenvalue weighted by Gasteiger charge is 2.22. The van der Waals surface area contributed by atoms with Crippen molar-refractivity contribution in [3.8, 4) is 11.5 Å². The maximum atomic E-state index is 14.4. The van der Waals surface area contributed by atoms with Crippen LogP contribution in [0.3, 0.4) is 0 Å². The fourth-order valence-corrected chi connectivity index (χ4v) is 4.03. The van der Waals surface area contributed by atoms with Crippen LogP contribution in [-0.4, -0.2) is 35.9 Å². The van der Waals surface area contributed by atoms with Crippen LogP contribution in [0.4, 0.5) is 10.1 Å². The molecule has 0 fully saturated rings. The van der Waals surface area contributed by atoms with E-state index in [1.165, 1.54) is 43.2 Å². The first-order valence-electron chi connectivity index (χ1n) is 8.60. The second-order valence-corrected chi connectivity index (χ2v) is 8.83. The van der Waals surface area contributed by atoms with E-state index in [1.807, 2.05) is 0 Å². The lowest BCUT2D eigenvalue weighted by atomic mass is 10.2. The van der Waals surface area contributed by atoms with E-state index in [9.17, 15) is 17.6 Å².